The van der Waals surface area contributed by atoms with Gasteiger partial charge >= 0.3 is 0 Å². The highest BCUT2D eigenvalue weighted by atomic mass is 35.5. The molecule has 2 heterocycles. The van der Waals surface area contributed by atoms with Gasteiger partial charge in [-0.05, 0) is 29.1 Å². The number of nitro groups is 1. The lowest BCUT2D eigenvalue weighted by atomic mass is 10.1. The normalized spacial score (nSPS) is 9.81. The zero-order chi connectivity index (χ0) is 19.1. The van der Waals surface area contributed by atoms with Crippen LogP contribution in [0.4, 0.5) is 11.4 Å². The molecule has 0 saturated heterocycles. The number of non-ortho nitro benzene ring substituents is 1. The first-order chi connectivity index (χ1) is 12.5. The van der Waals surface area contributed by atoms with Crippen LogP contribution >= 0.6 is 22.9 Å². The van der Waals surface area contributed by atoms with Gasteiger partial charge in [-0.1, -0.05) is 31.5 Å². The molecule has 26 heavy (non-hydrogen) atoms. The summed E-state index contributed by atoms with van der Waals surface area (Å²) in [5.41, 5.74) is 1.89. The lowest BCUT2D eigenvalue weighted by molar-refractivity contribution is -0.384. The summed E-state index contributed by atoms with van der Waals surface area (Å²) in [5.74, 6) is -0.355. The fourth-order valence-corrected chi connectivity index (χ4v) is 3.13. The van der Waals surface area contributed by atoms with Gasteiger partial charge in [0.05, 0.1) is 9.80 Å². The van der Waals surface area contributed by atoms with Crippen LogP contribution in [0.3, 0.4) is 0 Å². The quantitative estimate of drug-likeness (QED) is 0.461. The molecule has 1 amide bonds. The van der Waals surface area contributed by atoms with Crippen molar-refractivity contribution in [2.75, 3.05) is 5.32 Å². The molecule has 0 aliphatic carbocycles. The van der Waals surface area contributed by atoms with Gasteiger partial charge in [-0.15, -0.1) is 11.3 Å². The summed E-state index contributed by atoms with van der Waals surface area (Å²) in [6.45, 7) is 4.00. The average Bonchev–Trinajstić information content (AvgIpc) is 3.14. The molecule has 1 aromatic carbocycles. The Morgan fingerprint density at radius 3 is 2.65 bits per heavy atom. The molecule has 8 heteroatoms. The highest BCUT2D eigenvalue weighted by Gasteiger charge is 2.14. The number of aromatic nitrogens is 1. The third-order valence-corrected chi connectivity index (χ3v) is 4.32. The van der Waals surface area contributed by atoms with Crippen LogP contribution in [0.5, 0.6) is 0 Å². The molecule has 0 aliphatic heterocycles. The van der Waals surface area contributed by atoms with Crippen molar-refractivity contribution in [2.24, 2.45) is 0 Å². The van der Waals surface area contributed by atoms with Gasteiger partial charge in [0.15, 0.2) is 0 Å². The fraction of sp³-hybridized carbons (Fsp3) is 0.111. The van der Waals surface area contributed by atoms with Gasteiger partial charge < -0.3 is 5.32 Å². The van der Waals surface area contributed by atoms with Crippen molar-refractivity contribution in [2.45, 2.75) is 13.8 Å². The standard InChI is InChI=1S/C16H10ClN3O3S.C2H6/c17-12-5-13(7-14(6-12)20(22)23)19-16(21)15-4-11(9-24-15)10-2-1-3-18-8-10;1-2/h1-9H,(H,19,21);1-2H3. The van der Waals surface area contributed by atoms with Crippen LogP contribution in [0.2, 0.25) is 5.02 Å². The summed E-state index contributed by atoms with van der Waals surface area (Å²) in [5, 5.41) is 15.5. The number of hydrogen-bond donors (Lipinski definition) is 1. The number of carbonyl (C=O) groups excluding carboxylic acids is 1. The van der Waals surface area contributed by atoms with E-state index in [1.165, 1.54) is 29.5 Å². The van der Waals surface area contributed by atoms with Gasteiger partial charge in [-0.25, -0.2) is 0 Å². The van der Waals surface area contributed by atoms with Crippen molar-refractivity contribution < 1.29 is 9.72 Å². The maximum Gasteiger partial charge on any atom is 0.272 e. The summed E-state index contributed by atoms with van der Waals surface area (Å²) in [7, 11) is 0. The minimum Gasteiger partial charge on any atom is -0.321 e. The molecule has 0 bridgehead atoms. The predicted octanol–water partition coefficient (Wildman–Crippen LogP) is 5.65. The molecule has 0 atom stereocenters. The molecule has 3 rings (SSSR count). The minimum absolute atomic E-state index is 0.181. The molecule has 0 spiro atoms. The van der Waals surface area contributed by atoms with E-state index in [0.29, 0.717) is 4.88 Å². The number of nitro benzene ring substituents is 1. The number of benzene rings is 1. The fourth-order valence-electron chi connectivity index (χ4n) is 2.08. The van der Waals surface area contributed by atoms with E-state index in [2.05, 4.69) is 10.3 Å². The highest BCUT2D eigenvalue weighted by molar-refractivity contribution is 7.12. The molecule has 6 nitrogen and oxygen atoms in total. The van der Waals surface area contributed by atoms with E-state index in [9.17, 15) is 14.9 Å². The number of rotatable bonds is 4. The molecule has 2 aromatic heterocycles. The van der Waals surface area contributed by atoms with Crippen molar-refractivity contribution in [1.82, 2.24) is 4.98 Å². The van der Waals surface area contributed by atoms with Crippen molar-refractivity contribution >= 4 is 40.2 Å². The van der Waals surface area contributed by atoms with Gasteiger partial charge in [0.1, 0.15) is 0 Å². The SMILES string of the molecule is CC.O=C(Nc1cc(Cl)cc([N+](=O)[O-])c1)c1cc(-c2cccnc2)cs1. The second-order valence-corrected chi connectivity index (χ2v) is 6.20. The number of nitrogens with zero attached hydrogens (tertiary/aromatic N) is 2. The Labute approximate surface area is 159 Å². The second-order valence-electron chi connectivity index (χ2n) is 4.85. The zero-order valence-corrected chi connectivity index (χ0v) is 15.7. The average molecular weight is 390 g/mol. The maximum absolute atomic E-state index is 12.3. The predicted molar refractivity (Wildman–Crippen MR) is 105 cm³/mol. The third kappa shape index (κ3) is 4.87. The number of halogens is 1. The Kier molecular flexibility index (Phi) is 6.82. The van der Waals surface area contributed by atoms with Gasteiger partial charge in [0.2, 0.25) is 0 Å². The molecule has 134 valence electrons. The van der Waals surface area contributed by atoms with Crippen LogP contribution in [-0.2, 0) is 0 Å². The van der Waals surface area contributed by atoms with E-state index in [0.717, 1.165) is 11.1 Å². The van der Waals surface area contributed by atoms with Crippen LogP contribution in [-0.4, -0.2) is 15.8 Å². The topological polar surface area (TPSA) is 85.1 Å². The Hall–Kier alpha value is -2.77. The van der Waals surface area contributed by atoms with Crippen LogP contribution in [0, 0.1) is 10.1 Å². The van der Waals surface area contributed by atoms with Crippen molar-refractivity contribution in [3.05, 3.63) is 74.2 Å². The maximum atomic E-state index is 12.3. The Balaban J connectivity index is 0.00000117. The number of hydrogen-bond acceptors (Lipinski definition) is 5. The Bertz CT molecular complexity index is 913. The van der Waals surface area contributed by atoms with E-state index in [1.807, 2.05) is 31.4 Å². The van der Waals surface area contributed by atoms with E-state index in [1.54, 1.807) is 18.5 Å². The first kappa shape index (κ1) is 19.6. The number of pyridine rings is 1. The van der Waals surface area contributed by atoms with Crippen LogP contribution in [0.1, 0.15) is 23.5 Å². The van der Waals surface area contributed by atoms with Gasteiger partial charge in [0.25, 0.3) is 11.6 Å². The van der Waals surface area contributed by atoms with E-state index in [-0.39, 0.29) is 22.3 Å². The molecule has 1 N–H and O–H groups in total. The number of thiophene rings is 1. The lowest BCUT2D eigenvalue weighted by Gasteiger charge is -2.04. The van der Waals surface area contributed by atoms with Gasteiger partial charge in [-0.2, -0.15) is 0 Å². The van der Waals surface area contributed by atoms with E-state index < -0.39 is 4.92 Å². The van der Waals surface area contributed by atoms with E-state index in [4.69, 9.17) is 11.6 Å². The minimum atomic E-state index is -0.562. The molecule has 3 aromatic rings. The first-order valence-electron chi connectivity index (χ1n) is 7.78. The second kappa shape index (κ2) is 9.07. The third-order valence-electron chi connectivity index (χ3n) is 3.17. The Morgan fingerprint density at radius 1 is 1.23 bits per heavy atom. The Morgan fingerprint density at radius 2 is 2.00 bits per heavy atom. The van der Waals surface area contributed by atoms with Crippen molar-refractivity contribution in [3.8, 4) is 11.1 Å². The smallest absolute Gasteiger partial charge is 0.272 e. The van der Waals surface area contributed by atoms with Crippen molar-refractivity contribution in [3.63, 3.8) is 0 Å². The number of nitrogens with one attached hydrogen (secondary N) is 1. The van der Waals surface area contributed by atoms with Crippen LogP contribution in [0.15, 0.2) is 54.2 Å². The lowest BCUT2D eigenvalue weighted by Crippen LogP contribution is -2.10. The summed E-state index contributed by atoms with van der Waals surface area (Å²) >= 11 is 7.13. The summed E-state index contributed by atoms with van der Waals surface area (Å²) < 4.78 is 0. The van der Waals surface area contributed by atoms with Crippen LogP contribution < -0.4 is 5.32 Å². The van der Waals surface area contributed by atoms with Crippen molar-refractivity contribution in [1.29, 1.82) is 0 Å². The summed E-state index contributed by atoms with van der Waals surface area (Å²) in [6.07, 6.45) is 3.39. The number of carbonyl (C=O) groups is 1. The van der Waals surface area contributed by atoms with E-state index >= 15 is 0 Å². The first-order valence-corrected chi connectivity index (χ1v) is 9.04. The highest BCUT2D eigenvalue weighted by Crippen LogP contribution is 2.27. The number of anilines is 1. The molecular weight excluding hydrogens is 374 g/mol. The molecule has 0 aliphatic rings. The largest absolute Gasteiger partial charge is 0.321 e. The summed E-state index contributed by atoms with van der Waals surface area (Å²) in [4.78, 5) is 27.1. The van der Waals surface area contributed by atoms with Crippen LogP contribution in [0.25, 0.3) is 11.1 Å². The molecule has 0 unspecified atom stereocenters. The monoisotopic (exact) mass is 389 g/mol. The number of amides is 1. The summed E-state index contributed by atoms with van der Waals surface area (Å²) in [6, 6.07) is 9.41. The zero-order valence-electron chi connectivity index (χ0n) is 14.1. The molecule has 0 saturated carbocycles. The van der Waals surface area contributed by atoms with Gasteiger partial charge in [0, 0.05) is 40.8 Å². The molecule has 0 radical (unpaired) electrons. The van der Waals surface area contributed by atoms with Gasteiger partial charge in [-0.3, -0.25) is 19.9 Å². The molecule has 0 fully saturated rings. The molecular formula is C18H16ClN3O3S.